The first-order chi connectivity index (χ1) is 14.0. The quantitative estimate of drug-likeness (QED) is 0.549. The van der Waals surface area contributed by atoms with Gasteiger partial charge in [-0.1, -0.05) is 5.16 Å². The molecule has 1 aliphatic heterocycles. The second-order valence-electron chi connectivity index (χ2n) is 8.57. The van der Waals surface area contributed by atoms with Crippen molar-refractivity contribution in [2.45, 2.75) is 77.2 Å². The summed E-state index contributed by atoms with van der Waals surface area (Å²) >= 11 is 0. The van der Waals surface area contributed by atoms with Crippen molar-refractivity contribution < 1.29 is 28.8 Å². The lowest BCUT2D eigenvalue weighted by Crippen LogP contribution is -2.57. The van der Waals surface area contributed by atoms with E-state index in [1.54, 1.807) is 20.8 Å². The number of carbonyl (C=O) groups is 3. The Bertz CT molecular complexity index is 745. The summed E-state index contributed by atoms with van der Waals surface area (Å²) in [7, 11) is 0. The van der Waals surface area contributed by atoms with Gasteiger partial charge in [0.1, 0.15) is 11.1 Å². The Morgan fingerprint density at radius 3 is 2.67 bits per heavy atom. The third-order valence-corrected chi connectivity index (χ3v) is 5.17. The first-order valence-electron chi connectivity index (χ1n) is 9.98. The first kappa shape index (κ1) is 23.6. The summed E-state index contributed by atoms with van der Waals surface area (Å²) < 4.78 is 10.3. The van der Waals surface area contributed by atoms with Crippen LogP contribution in [0.2, 0.25) is 0 Å². The van der Waals surface area contributed by atoms with Crippen LogP contribution < -0.4 is 11.1 Å². The highest BCUT2D eigenvalue weighted by molar-refractivity contribution is 5.89. The molecule has 1 aromatic rings. The van der Waals surface area contributed by atoms with E-state index in [-0.39, 0.29) is 25.3 Å². The number of nitrogens with one attached hydrogen (secondary N) is 1. The van der Waals surface area contributed by atoms with Crippen molar-refractivity contribution >= 4 is 17.9 Å². The second kappa shape index (κ2) is 9.41. The monoisotopic (exact) mass is 425 g/mol. The van der Waals surface area contributed by atoms with Crippen molar-refractivity contribution in [1.29, 1.82) is 0 Å². The molecule has 3 amide bonds. The topological polar surface area (TPSA) is 161 Å². The van der Waals surface area contributed by atoms with E-state index in [1.807, 2.05) is 0 Å². The smallest absolute Gasteiger partial charge is 0.411 e. The van der Waals surface area contributed by atoms with Gasteiger partial charge in [0.25, 0.3) is 0 Å². The third-order valence-electron chi connectivity index (χ3n) is 5.17. The minimum atomic E-state index is -1.26. The third kappa shape index (κ3) is 5.68. The fourth-order valence-corrected chi connectivity index (χ4v) is 3.65. The second-order valence-corrected chi connectivity index (χ2v) is 8.57. The maximum absolute atomic E-state index is 12.7. The molecular formula is C19H31N5O6. The molecular weight excluding hydrogens is 394 g/mol. The first-order valence-corrected chi connectivity index (χ1v) is 9.98. The zero-order valence-electron chi connectivity index (χ0n) is 17.9. The highest BCUT2D eigenvalue weighted by Gasteiger charge is 2.50. The number of hydrogen-bond acceptors (Lipinski definition) is 8. The Hall–Kier alpha value is -2.69. The molecule has 2 rings (SSSR count). The fourth-order valence-electron chi connectivity index (χ4n) is 3.65. The highest BCUT2D eigenvalue weighted by Crippen LogP contribution is 2.36. The molecule has 1 saturated heterocycles. The summed E-state index contributed by atoms with van der Waals surface area (Å²) in [6, 6.07) is 0. The number of amides is 3. The molecule has 11 heteroatoms. The standard InChI is InChI=1S/C19H31N5O6/c1-12(25)13(15(26)21-10-14-22-11-23-30-14)6-8-19(16(20)27)7-5-9-24(19)17(28)29-18(2,3)4/h11-13,25H,5-10H2,1-4H3,(H2,20,27)(H,21,26)/t12-,13+,19?/m1/s1. The molecule has 0 aliphatic carbocycles. The molecule has 2 heterocycles. The number of rotatable bonds is 8. The number of nitrogens with two attached hydrogens (primary N) is 1. The van der Waals surface area contributed by atoms with Crippen LogP contribution in [-0.2, 0) is 20.9 Å². The molecule has 30 heavy (non-hydrogen) atoms. The summed E-state index contributed by atoms with van der Waals surface area (Å²) in [4.78, 5) is 42.8. The molecule has 0 bridgehead atoms. The number of ether oxygens (including phenoxy) is 1. The van der Waals surface area contributed by atoms with Crippen LogP contribution in [0.1, 0.15) is 59.3 Å². The van der Waals surface area contributed by atoms with Gasteiger partial charge >= 0.3 is 6.09 Å². The van der Waals surface area contributed by atoms with Gasteiger partial charge in [0.05, 0.1) is 18.6 Å². The zero-order valence-corrected chi connectivity index (χ0v) is 17.9. The van der Waals surface area contributed by atoms with Crippen molar-refractivity contribution in [2.75, 3.05) is 6.54 Å². The molecule has 168 valence electrons. The molecule has 0 saturated carbocycles. The SMILES string of the molecule is C[C@@H](O)[C@H](CCC1(C(N)=O)CCCN1C(=O)OC(C)(C)C)C(=O)NCc1ncno1. The van der Waals surface area contributed by atoms with Gasteiger partial charge in [-0.25, -0.2) is 4.79 Å². The number of aromatic nitrogens is 2. The van der Waals surface area contributed by atoms with Gasteiger partial charge in [-0.3, -0.25) is 14.5 Å². The maximum atomic E-state index is 12.7. The summed E-state index contributed by atoms with van der Waals surface area (Å²) in [5, 5.41) is 16.2. The van der Waals surface area contributed by atoms with E-state index < -0.39 is 41.1 Å². The van der Waals surface area contributed by atoms with Crippen LogP contribution in [0.3, 0.4) is 0 Å². The predicted molar refractivity (Wildman–Crippen MR) is 105 cm³/mol. The van der Waals surface area contributed by atoms with E-state index >= 15 is 0 Å². The Balaban J connectivity index is 2.10. The van der Waals surface area contributed by atoms with Crippen LogP contribution in [0.25, 0.3) is 0 Å². The van der Waals surface area contributed by atoms with E-state index in [0.29, 0.717) is 19.4 Å². The largest absolute Gasteiger partial charge is 0.444 e. The lowest BCUT2D eigenvalue weighted by atomic mass is 9.84. The van der Waals surface area contributed by atoms with Gasteiger partial charge in [0.15, 0.2) is 6.33 Å². The van der Waals surface area contributed by atoms with Gasteiger partial charge in [-0.15, -0.1) is 0 Å². The molecule has 4 N–H and O–H groups in total. The number of primary amides is 1. The van der Waals surface area contributed by atoms with E-state index in [0.717, 1.165) is 0 Å². The Morgan fingerprint density at radius 2 is 2.13 bits per heavy atom. The molecule has 0 radical (unpaired) electrons. The van der Waals surface area contributed by atoms with E-state index in [4.69, 9.17) is 15.0 Å². The summed E-state index contributed by atoms with van der Waals surface area (Å²) in [6.07, 6.45) is 0.862. The van der Waals surface area contributed by atoms with Crippen LogP contribution in [0.5, 0.6) is 0 Å². The number of nitrogens with zero attached hydrogens (tertiary/aromatic N) is 3. The lowest BCUT2D eigenvalue weighted by molar-refractivity contribution is -0.132. The number of hydrogen-bond donors (Lipinski definition) is 3. The average molecular weight is 425 g/mol. The molecule has 1 fully saturated rings. The Labute approximate surface area is 175 Å². The molecule has 1 unspecified atom stereocenters. The van der Waals surface area contributed by atoms with Crippen molar-refractivity contribution in [1.82, 2.24) is 20.4 Å². The minimum Gasteiger partial charge on any atom is -0.444 e. The van der Waals surface area contributed by atoms with E-state index in [9.17, 15) is 19.5 Å². The number of carbonyl (C=O) groups excluding carboxylic acids is 3. The van der Waals surface area contributed by atoms with Gasteiger partial charge < -0.3 is 25.4 Å². The van der Waals surface area contributed by atoms with Crippen molar-refractivity contribution in [3.63, 3.8) is 0 Å². The van der Waals surface area contributed by atoms with Crippen LogP contribution in [0.15, 0.2) is 10.9 Å². The molecule has 0 aromatic carbocycles. The molecule has 3 atom stereocenters. The van der Waals surface area contributed by atoms with Crippen LogP contribution in [0, 0.1) is 5.92 Å². The number of likely N-dealkylation sites (tertiary alicyclic amines) is 1. The van der Waals surface area contributed by atoms with Gasteiger partial charge in [0.2, 0.25) is 17.7 Å². The van der Waals surface area contributed by atoms with Crippen LogP contribution in [-0.4, -0.2) is 61.8 Å². The van der Waals surface area contributed by atoms with E-state index in [1.165, 1.54) is 18.2 Å². The van der Waals surface area contributed by atoms with Crippen LogP contribution in [0.4, 0.5) is 4.79 Å². The predicted octanol–water partition coefficient (Wildman–Crippen LogP) is 0.718. The van der Waals surface area contributed by atoms with E-state index in [2.05, 4.69) is 15.5 Å². The highest BCUT2D eigenvalue weighted by atomic mass is 16.6. The molecule has 1 aromatic heterocycles. The Kier molecular flexibility index (Phi) is 7.40. The van der Waals surface area contributed by atoms with Crippen molar-refractivity contribution in [3.05, 3.63) is 12.2 Å². The number of aliphatic hydroxyl groups is 1. The summed E-state index contributed by atoms with van der Waals surface area (Å²) in [5.74, 6) is -1.66. The van der Waals surface area contributed by atoms with Gasteiger partial charge in [-0.05, 0) is 53.4 Å². The average Bonchev–Trinajstić information content (AvgIpc) is 3.28. The van der Waals surface area contributed by atoms with Gasteiger partial charge in [0, 0.05) is 6.54 Å². The number of aliphatic hydroxyl groups excluding tert-OH is 1. The minimum absolute atomic E-state index is 0.0209. The maximum Gasteiger partial charge on any atom is 0.411 e. The van der Waals surface area contributed by atoms with Crippen molar-refractivity contribution in [2.24, 2.45) is 11.7 Å². The summed E-state index contributed by atoms with van der Waals surface area (Å²) in [5.41, 5.74) is 3.72. The normalized spacial score (nSPS) is 21.2. The van der Waals surface area contributed by atoms with Crippen LogP contribution >= 0.6 is 0 Å². The molecule has 1 aliphatic rings. The van der Waals surface area contributed by atoms with Gasteiger partial charge in [-0.2, -0.15) is 4.98 Å². The molecule has 0 spiro atoms. The zero-order chi connectivity index (χ0) is 22.5. The summed E-state index contributed by atoms with van der Waals surface area (Å²) in [6.45, 7) is 7.07. The molecule has 11 nitrogen and oxygen atoms in total. The lowest BCUT2D eigenvalue weighted by Gasteiger charge is -2.37. The Morgan fingerprint density at radius 1 is 1.43 bits per heavy atom. The van der Waals surface area contributed by atoms with Crippen molar-refractivity contribution in [3.8, 4) is 0 Å². The fraction of sp³-hybridized carbons (Fsp3) is 0.737.